The molecule has 0 fully saturated rings. The van der Waals surface area contributed by atoms with E-state index in [0.29, 0.717) is 0 Å². The topological polar surface area (TPSA) is 12.9 Å². The van der Waals surface area contributed by atoms with Crippen LogP contribution in [0.5, 0.6) is 0 Å². The molecule has 0 aliphatic rings. The molecule has 9 heavy (non-hydrogen) atoms. The zero-order valence-corrected chi connectivity index (χ0v) is 6.79. The molecule has 0 saturated heterocycles. The summed E-state index contributed by atoms with van der Waals surface area (Å²) in [5.41, 5.74) is 0.884. The maximum atomic E-state index is 5.14. The molecule has 0 amide bonds. The average Bonchev–Trinajstić information content (AvgIpc) is 1.88. The van der Waals surface area contributed by atoms with Gasteiger partial charge in [0.25, 0.3) is 0 Å². The summed E-state index contributed by atoms with van der Waals surface area (Å²) in [4.78, 5) is 3.98. The van der Waals surface area contributed by atoms with E-state index in [9.17, 15) is 0 Å². The summed E-state index contributed by atoms with van der Waals surface area (Å²) in [6.45, 7) is 0. The number of nitrogens with zero attached hydrogens (tertiary/aromatic N) is 1. The first-order chi connectivity index (χ1) is 4.33. The van der Waals surface area contributed by atoms with E-state index in [1.165, 1.54) is 0 Å². The Morgan fingerprint density at radius 3 is 2.89 bits per heavy atom. The van der Waals surface area contributed by atoms with Crippen LogP contribution in [-0.2, 0) is 0 Å². The van der Waals surface area contributed by atoms with Crippen molar-refractivity contribution in [2.24, 2.45) is 0 Å². The van der Waals surface area contributed by atoms with Crippen molar-refractivity contribution in [1.82, 2.24) is 4.98 Å². The molecular weight excluding hydrogens is 225 g/mol. The van der Waals surface area contributed by atoms with Crippen molar-refractivity contribution in [1.29, 1.82) is 0 Å². The van der Waals surface area contributed by atoms with Gasteiger partial charge in [-0.2, -0.15) is 0 Å². The van der Waals surface area contributed by atoms with Gasteiger partial charge in [0.2, 0.25) is 0 Å². The first kappa shape index (κ1) is 6.56. The zero-order valence-electron chi connectivity index (χ0n) is 4.63. The maximum absolute atomic E-state index is 5.14. The van der Waals surface area contributed by atoms with Crippen LogP contribution in [0.4, 0.5) is 0 Å². The predicted octanol–water partition coefficient (Wildman–Crippen LogP) is 1.67. The second-order valence-electron chi connectivity index (χ2n) is 1.51. The van der Waals surface area contributed by atoms with Crippen LogP contribution in [-0.4, -0.2) is 4.98 Å². The van der Waals surface area contributed by atoms with Gasteiger partial charge >= 0.3 is 0 Å². The molecule has 0 aliphatic carbocycles. The van der Waals surface area contributed by atoms with Crippen molar-refractivity contribution in [3.63, 3.8) is 0 Å². The monoisotopic (exact) mass is 229 g/mol. The number of hydrogen-bond donors (Lipinski definition) is 0. The molecule has 1 aromatic heterocycles. The molecule has 1 heterocycles. The maximum Gasteiger partial charge on any atom is 0.102 e. The molecule has 0 aromatic carbocycles. The third kappa shape index (κ3) is 1.68. The molecule has 0 saturated carbocycles. The van der Waals surface area contributed by atoms with Crippen molar-refractivity contribution in [2.75, 3.05) is 0 Å². The van der Waals surface area contributed by atoms with Gasteiger partial charge < -0.3 is 0 Å². The highest BCUT2D eigenvalue weighted by Gasteiger charge is 1.86. The molecular formula is C7H4IN. The molecule has 1 rings (SSSR count). The number of halogens is 1. The standard InChI is InChI=1S/C7H4IN/c1-2-6-3-4-9-7(8)5-6/h1,3-5H. The minimum atomic E-state index is 0.884. The lowest BCUT2D eigenvalue weighted by Crippen LogP contribution is -1.79. The van der Waals surface area contributed by atoms with E-state index >= 15 is 0 Å². The smallest absolute Gasteiger partial charge is 0.102 e. The lowest BCUT2D eigenvalue weighted by Gasteiger charge is -1.88. The Balaban J connectivity index is 3.12. The van der Waals surface area contributed by atoms with Crippen molar-refractivity contribution >= 4 is 22.6 Å². The fraction of sp³-hybridized carbons (Fsp3) is 0. The highest BCUT2D eigenvalue weighted by Crippen LogP contribution is 2.01. The Morgan fingerprint density at radius 1 is 1.67 bits per heavy atom. The Bertz CT molecular complexity index is 249. The largest absolute Gasteiger partial charge is 0.250 e. The van der Waals surface area contributed by atoms with Gasteiger partial charge in [-0.3, -0.25) is 4.98 Å². The number of terminal acetylenes is 1. The second kappa shape index (κ2) is 2.83. The third-order valence-electron chi connectivity index (χ3n) is 0.893. The molecule has 44 valence electrons. The molecule has 0 aliphatic heterocycles. The van der Waals surface area contributed by atoms with Crippen molar-refractivity contribution < 1.29 is 0 Å². The zero-order chi connectivity index (χ0) is 6.69. The molecule has 0 N–H and O–H groups in total. The first-order valence-corrected chi connectivity index (χ1v) is 3.49. The van der Waals surface area contributed by atoms with Crippen LogP contribution in [0.25, 0.3) is 0 Å². The van der Waals surface area contributed by atoms with Gasteiger partial charge in [0.1, 0.15) is 3.70 Å². The highest BCUT2D eigenvalue weighted by atomic mass is 127. The molecule has 0 bridgehead atoms. The lowest BCUT2D eigenvalue weighted by atomic mass is 10.3. The van der Waals surface area contributed by atoms with Gasteiger partial charge in [0.05, 0.1) is 0 Å². The highest BCUT2D eigenvalue weighted by molar-refractivity contribution is 14.1. The molecule has 0 radical (unpaired) electrons. The van der Waals surface area contributed by atoms with Crippen molar-refractivity contribution in [2.45, 2.75) is 0 Å². The molecule has 0 unspecified atom stereocenters. The van der Waals surface area contributed by atoms with E-state index in [0.717, 1.165) is 9.26 Å². The Kier molecular flexibility index (Phi) is 2.06. The quantitative estimate of drug-likeness (QED) is 0.374. The molecule has 0 atom stereocenters. The summed E-state index contributed by atoms with van der Waals surface area (Å²) < 4.78 is 0.933. The van der Waals surface area contributed by atoms with E-state index in [-0.39, 0.29) is 0 Å². The predicted molar refractivity (Wildman–Crippen MR) is 44.9 cm³/mol. The Morgan fingerprint density at radius 2 is 2.44 bits per heavy atom. The van der Waals surface area contributed by atoms with Gasteiger partial charge in [0, 0.05) is 11.8 Å². The fourth-order valence-electron chi connectivity index (χ4n) is 0.492. The fourth-order valence-corrected chi connectivity index (χ4v) is 0.989. The normalized spacial score (nSPS) is 8.44. The number of hydrogen-bond acceptors (Lipinski definition) is 1. The lowest BCUT2D eigenvalue weighted by molar-refractivity contribution is 1.26. The van der Waals surface area contributed by atoms with E-state index in [2.05, 4.69) is 33.5 Å². The van der Waals surface area contributed by atoms with E-state index in [1.54, 1.807) is 6.20 Å². The minimum absolute atomic E-state index is 0.884. The first-order valence-electron chi connectivity index (χ1n) is 2.41. The van der Waals surface area contributed by atoms with Crippen LogP contribution >= 0.6 is 22.6 Å². The van der Waals surface area contributed by atoms with Crippen LogP contribution in [0.2, 0.25) is 0 Å². The number of pyridine rings is 1. The van der Waals surface area contributed by atoms with Gasteiger partial charge in [-0.1, -0.05) is 5.92 Å². The van der Waals surface area contributed by atoms with E-state index in [4.69, 9.17) is 6.42 Å². The van der Waals surface area contributed by atoms with E-state index in [1.807, 2.05) is 12.1 Å². The molecule has 0 spiro atoms. The van der Waals surface area contributed by atoms with Crippen LogP contribution in [0.15, 0.2) is 18.3 Å². The minimum Gasteiger partial charge on any atom is -0.250 e. The Hall–Kier alpha value is -0.560. The van der Waals surface area contributed by atoms with Gasteiger partial charge in [-0.25, -0.2) is 0 Å². The van der Waals surface area contributed by atoms with Gasteiger partial charge in [-0.05, 0) is 34.7 Å². The molecule has 2 heteroatoms. The van der Waals surface area contributed by atoms with Crippen LogP contribution in [0.1, 0.15) is 5.56 Å². The summed E-state index contributed by atoms with van der Waals surface area (Å²) in [5, 5.41) is 0. The number of aromatic nitrogens is 1. The van der Waals surface area contributed by atoms with Crippen LogP contribution < -0.4 is 0 Å². The summed E-state index contributed by atoms with van der Waals surface area (Å²) in [5.74, 6) is 2.52. The SMILES string of the molecule is C#Cc1ccnc(I)c1. The van der Waals surface area contributed by atoms with Crippen LogP contribution in [0.3, 0.4) is 0 Å². The van der Waals surface area contributed by atoms with Crippen molar-refractivity contribution in [3.05, 3.63) is 27.6 Å². The third-order valence-corrected chi connectivity index (χ3v) is 1.48. The summed E-state index contributed by atoms with van der Waals surface area (Å²) >= 11 is 2.12. The summed E-state index contributed by atoms with van der Waals surface area (Å²) in [6.07, 6.45) is 6.84. The van der Waals surface area contributed by atoms with Gasteiger partial charge in [-0.15, -0.1) is 6.42 Å². The summed E-state index contributed by atoms with van der Waals surface area (Å²) in [6, 6.07) is 3.67. The number of rotatable bonds is 0. The average molecular weight is 229 g/mol. The Labute approximate surface area is 67.6 Å². The summed E-state index contributed by atoms with van der Waals surface area (Å²) in [7, 11) is 0. The van der Waals surface area contributed by atoms with E-state index < -0.39 is 0 Å². The molecule has 1 nitrogen and oxygen atoms in total. The van der Waals surface area contributed by atoms with Gasteiger partial charge in [0.15, 0.2) is 0 Å². The van der Waals surface area contributed by atoms with Crippen LogP contribution in [0, 0.1) is 16.0 Å². The molecule has 1 aromatic rings. The second-order valence-corrected chi connectivity index (χ2v) is 2.62. The van der Waals surface area contributed by atoms with Crippen molar-refractivity contribution in [3.8, 4) is 12.3 Å².